The van der Waals surface area contributed by atoms with E-state index in [2.05, 4.69) is 17.2 Å². The summed E-state index contributed by atoms with van der Waals surface area (Å²) in [5.41, 5.74) is 4.39. The third kappa shape index (κ3) is 2.84. The SMILES string of the molecule is CCc1ccc(NC(=O)c2cc(C)nc3ccccc23)cc1. The van der Waals surface area contributed by atoms with Crippen LogP contribution >= 0.6 is 0 Å². The van der Waals surface area contributed by atoms with E-state index in [1.807, 2.05) is 61.5 Å². The number of fused-ring (bicyclic) bond motifs is 1. The Balaban J connectivity index is 1.94. The molecule has 0 saturated carbocycles. The van der Waals surface area contributed by atoms with Gasteiger partial charge in [0.25, 0.3) is 5.91 Å². The van der Waals surface area contributed by atoms with Crippen molar-refractivity contribution in [2.75, 3.05) is 5.32 Å². The predicted molar refractivity (Wildman–Crippen MR) is 90.3 cm³/mol. The lowest BCUT2D eigenvalue weighted by molar-refractivity contribution is 0.102. The number of rotatable bonds is 3. The predicted octanol–water partition coefficient (Wildman–Crippen LogP) is 4.36. The molecular weight excluding hydrogens is 272 g/mol. The molecule has 1 amide bonds. The van der Waals surface area contributed by atoms with Gasteiger partial charge in [-0.1, -0.05) is 37.3 Å². The molecule has 0 aliphatic rings. The van der Waals surface area contributed by atoms with Crippen molar-refractivity contribution < 1.29 is 4.79 Å². The van der Waals surface area contributed by atoms with Crippen LogP contribution < -0.4 is 5.32 Å². The van der Waals surface area contributed by atoms with Crippen molar-refractivity contribution in [3.8, 4) is 0 Å². The fourth-order valence-electron chi connectivity index (χ4n) is 2.52. The van der Waals surface area contributed by atoms with Crippen molar-refractivity contribution in [3.05, 3.63) is 71.4 Å². The van der Waals surface area contributed by atoms with Gasteiger partial charge in [-0.2, -0.15) is 0 Å². The summed E-state index contributed by atoms with van der Waals surface area (Å²) in [5.74, 6) is -0.106. The molecule has 0 fully saturated rings. The maximum absolute atomic E-state index is 12.6. The first-order valence-electron chi connectivity index (χ1n) is 7.44. The number of pyridine rings is 1. The Labute approximate surface area is 130 Å². The van der Waals surface area contributed by atoms with Crippen LogP contribution in [0, 0.1) is 6.92 Å². The smallest absolute Gasteiger partial charge is 0.256 e. The lowest BCUT2D eigenvalue weighted by Gasteiger charge is -2.09. The van der Waals surface area contributed by atoms with E-state index in [0.29, 0.717) is 5.56 Å². The third-order valence-corrected chi connectivity index (χ3v) is 3.71. The maximum atomic E-state index is 12.6. The van der Waals surface area contributed by atoms with Crippen LogP contribution in [0.1, 0.15) is 28.5 Å². The highest BCUT2D eigenvalue weighted by atomic mass is 16.1. The normalized spacial score (nSPS) is 10.6. The molecule has 110 valence electrons. The van der Waals surface area contributed by atoms with Gasteiger partial charge in [-0.15, -0.1) is 0 Å². The maximum Gasteiger partial charge on any atom is 0.256 e. The molecule has 3 aromatic rings. The van der Waals surface area contributed by atoms with Crippen LogP contribution in [0.4, 0.5) is 5.69 Å². The van der Waals surface area contributed by atoms with E-state index in [0.717, 1.165) is 28.7 Å². The van der Waals surface area contributed by atoms with Crippen LogP contribution in [0.15, 0.2) is 54.6 Å². The van der Waals surface area contributed by atoms with Crippen molar-refractivity contribution >= 4 is 22.5 Å². The van der Waals surface area contributed by atoms with Gasteiger partial charge in [0.15, 0.2) is 0 Å². The first-order chi connectivity index (χ1) is 10.7. The van der Waals surface area contributed by atoms with Crippen molar-refractivity contribution in [1.29, 1.82) is 0 Å². The highest BCUT2D eigenvalue weighted by Crippen LogP contribution is 2.20. The monoisotopic (exact) mass is 290 g/mol. The second kappa shape index (κ2) is 5.98. The van der Waals surface area contributed by atoms with Gasteiger partial charge in [-0.3, -0.25) is 9.78 Å². The van der Waals surface area contributed by atoms with Gasteiger partial charge in [-0.25, -0.2) is 0 Å². The van der Waals surface area contributed by atoms with Crippen LogP contribution in [0.3, 0.4) is 0 Å². The zero-order chi connectivity index (χ0) is 15.5. The number of carbonyl (C=O) groups excluding carboxylic acids is 1. The number of carbonyl (C=O) groups is 1. The number of aryl methyl sites for hydroxylation is 2. The fraction of sp³-hybridized carbons (Fsp3) is 0.158. The van der Waals surface area contributed by atoms with Gasteiger partial charge in [0.1, 0.15) is 0 Å². The molecule has 22 heavy (non-hydrogen) atoms. The molecule has 0 spiro atoms. The van der Waals surface area contributed by atoms with Gasteiger partial charge in [0.2, 0.25) is 0 Å². The molecule has 3 heteroatoms. The molecule has 0 saturated heterocycles. The second-order valence-electron chi connectivity index (χ2n) is 5.33. The van der Waals surface area contributed by atoms with Gasteiger partial charge >= 0.3 is 0 Å². The van der Waals surface area contributed by atoms with Crippen LogP contribution in [0.5, 0.6) is 0 Å². The van der Waals surface area contributed by atoms with Crippen molar-refractivity contribution in [2.24, 2.45) is 0 Å². The molecule has 0 radical (unpaired) electrons. The zero-order valence-electron chi connectivity index (χ0n) is 12.8. The Bertz CT molecular complexity index is 822. The molecular formula is C19H18N2O. The minimum absolute atomic E-state index is 0.106. The lowest BCUT2D eigenvalue weighted by Crippen LogP contribution is -2.13. The van der Waals surface area contributed by atoms with Crippen LogP contribution in [0.25, 0.3) is 10.9 Å². The minimum atomic E-state index is -0.106. The molecule has 0 aliphatic heterocycles. The number of hydrogen-bond acceptors (Lipinski definition) is 2. The first kappa shape index (κ1) is 14.3. The zero-order valence-corrected chi connectivity index (χ0v) is 12.8. The fourth-order valence-corrected chi connectivity index (χ4v) is 2.52. The van der Waals surface area contributed by atoms with E-state index in [1.54, 1.807) is 0 Å². The topological polar surface area (TPSA) is 42.0 Å². The molecule has 0 bridgehead atoms. The number of nitrogens with zero attached hydrogens (tertiary/aromatic N) is 1. The third-order valence-electron chi connectivity index (χ3n) is 3.71. The Hall–Kier alpha value is -2.68. The summed E-state index contributed by atoms with van der Waals surface area (Å²) in [5, 5.41) is 3.83. The van der Waals surface area contributed by atoms with Crippen LogP contribution in [-0.4, -0.2) is 10.9 Å². The molecule has 0 unspecified atom stereocenters. The molecule has 1 N–H and O–H groups in total. The summed E-state index contributed by atoms with van der Waals surface area (Å²) in [7, 11) is 0. The van der Waals surface area contributed by atoms with E-state index in [4.69, 9.17) is 0 Å². The number of anilines is 1. The quantitative estimate of drug-likeness (QED) is 0.778. The van der Waals surface area contributed by atoms with E-state index >= 15 is 0 Å². The van der Waals surface area contributed by atoms with Gasteiger partial charge in [-0.05, 0) is 43.2 Å². The Morgan fingerprint density at radius 1 is 1.09 bits per heavy atom. The standard InChI is InChI=1S/C19H18N2O/c1-3-14-8-10-15(11-9-14)21-19(22)17-12-13(2)20-18-7-5-4-6-16(17)18/h4-12H,3H2,1-2H3,(H,21,22). The first-order valence-corrected chi connectivity index (χ1v) is 7.44. The van der Waals surface area contributed by atoms with Crippen LogP contribution in [-0.2, 0) is 6.42 Å². The Morgan fingerprint density at radius 3 is 2.55 bits per heavy atom. The number of nitrogens with one attached hydrogen (secondary N) is 1. The number of para-hydroxylation sites is 1. The Kier molecular flexibility index (Phi) is 3.88. The van der Waals surface area contributed by atoms with Crippen LogP contribution in [0.2, 0.25) is 0 Å². The number of benzene rings is 2. The van der Waals surface area contributed by atoms with Crippen molar-refractivity contribution in [3.63, 3.8) is 0 Å². The minimum Gasteiger partial charge on any atom is -0.322 e. The summed E-state index contributed by atoms with van der Waals surface area (Å²) in [6.45, 7) is 4.01. The summed E-state index contributed by atoms with van der Waals surface area (Å²) < 4.78 is 0. The lowest BCUT2D eigenvalue weighted by atomic mass is 10.1. The molecule has 1 aromatic heterocycles. The Morgan fingerprint density at radius 2 is 1.82 bits per heavy atom. The molecule has 3 rings (SSSR count). The summed E-state index contributed by atoms with van der Waals surface area (Å²) >= 11 is 0. The summed E-state index contributed by atoms with van der Waals surface area (Å²) in [4.78, 5) is 17.1. The average Bonchev–Trinajstić information content (AvgIpc) is 2.54. The molecule has 0 atom stereocenters. The number of aromatic nitrogens is 1. The molecule has 1 heterocycles. The van der Waals surface area contributed by atoms with E-state index in [1.165, 1.54) is 5.56 Å². The van der Waals surface area contributed by atoms with E-state index < -0.39 is 0 Å². The second-order valence-corrected chi connectivity index (χ2v) is 5.33. The largest absolute Gasteiger partial charge is 0.322 e. The van der Waals surface area contributed by atoms with Gasteiger partial charge in [0.05, 0.1) is 11.1 Å². The molecule has 3 nitrogen and oxygen atoms in total. The molecule has 2 aromatic carbocycles. The average molecular weight is 290 g/mol. The van der Waals surface area contributed by atoms with Crippen molar-refractivity contribution in [1.82, 2.24) is 4.98 Å². The van der Waals surface area contributed by atoms with Gasteiger partial charge < -0.3 is 5.32 Å². The highest BCUT2D eigenvalue weighted by molar-refractivity contribution is 6.12. The number of amides is 1. The molecule has 0 aliphatic carbocycles. The van der Waals surface area contributed by atoms with Gasteiger partial charge in [0, 0.05) is 16.8 Å². The summed E-state index contributed by atoms with van der Waals surface area (Å²) in [6, 6.07) is 17.5. The highest BCUT2D eigenvalue weighted by Gasteiger charge is 2.12. The van der Waals surface area contributed by atoms with E-state index in [-0.39, 0.29) is 5.91 Å². The number of hydrogen-bond donors (Lipinski definition) is 1. The van der Waals surface area contributed by atoms with Crippen molar-refractivity contribution in [2.45, 2.75) is 20.3 Å². The van der Waals surface area contributed by atoms with E-state index in [9.17, 15) is 4.79 Å². The summed E-state index contributed by atoms with van der Waals surface area (Å²) in [6.07, 6.45) is 0.989.